The molecule has 2 atom stereocenters. The van der Waals surface area contributed by atoms with E-state index in [1.165, 1.54) is 0 Å². The summed E-state index contributed by atoms with van der Waals surface area (Å²) in [6, 6.07) is 4.21. The van der Waals surface area contributed by atoms with Crippen LogP contribution in [0.1, 0.15) is 44.9 Å². The Hall–Kier alpha value is -0.800. The van der Waals surface area contributed by atoms with Crippen molar-refractivity contribution in [2.24, 2.45) is 0 Å². The van der Waals surface area contributed by atoms with Gasteiger partial charge in [-0.2, -0.15) is 0 Å². The van der Waals surface area contributed by atoms with Crippen LogP contribution in [0.15, 0.2) is 22.8 Å². The van der Waals surface area contributed by atoms with Crippen LogP contribution in [-0.2, 0) is 0 Å². The Morgan fingerprint density at radius 2 is 2.33 bits per heavy atom. The monoisotopic (exact) mass is 211 g/mol. The van der Waals surface area contributed by atoms with Crippen LogP contribution in [0.5, 0.6) is 0 Å². The first-order chi connectivity index (χ1) is 7.24. The zero-order valence-corrected chi connectivity index (χ0v) is 9.57. The predicted molar refractivity (Wildman–Crippen MR) is 60.7 cm³/mol. The van der Waals surface area contributed by atoms with Crippen molar-refractivity contribution in [2.75, 3.05) is 6.54 Å². The van der Waals surface area contributed by atoms with Crippen molar-refractivity contribution >= 4 is 0 Å². The van der Waals surface area contributed by atoms with Gasteiger partial charge in [-0.3, -0.25) is 0 Å². The minimum absolute atomic E-state index is 0.199. The van der Waals surface area contributed by atoms with E-state index in [4.69, 9.17) is 9.52 Å². The summed E-state index contributed by atoms with van der Waals surface area (Å²) in [5, 5.41) is 12.5. The van der Waals surface area contributed by atoms with E-state index in [0.717, 1.165) is 31.6 Å². The van der Waals surface area contributed by atoms with Crippen molar-refractivity contribution in [2.45, 2.75) is 45.3 Å². The highest BCUT2D eigenvalue weighted by molar-refractivity contribution is 5.03. The van der Waals surface area contributed by atoms with Crippen LogP contribution < -0.4 is 5.32 Å². The lowest BCUT2D eigenvalue weighted by atomic mass is 10.1. The second kappa shape index (κ2) is 6.64. The molecule has 0 aromatic carbocycles. The van der Waals surface area contributed by atoms with E-state index in [9.17, 15) is 0 Å². The van der Waals surface area contributed by atoms with Crippen molar-refractivity contribution in [1.82, 2.24) is 5.32 Å². The van der Waals surface area contributed by atoms with E-state index in [1.54, 1.807) is 6.26 Å². The molecule has 0 amide bonds. The molecule has 1 heterocycles. The number of hydrogen-bond donors (Lipinski definition) is 2. The second-order valence-electron chi connectivity index (χ2n) is 3.92. The lowest BCUT2D eigenvalue weighted by molar-refractivity contribution is 0.180. The molecule has 2 unspecified atom stereocenters. The molecule has 3 heteroatoms. The number of rotatable bonds is 7. The molecule has 3 nitrogen and oxygen atoms in total. The van der Waals surface area contributed by atoms with Gasteiger partial charge in [0.1, 0.15) is 5.76 Å². The second-order valence-corrected chi connectivity index (χ2v) is 3.92. The van der Waals surface area contributed by atoms with Crippen molar-refractivity contribution < 1.29 is 9.52 Å². The van der Waals surface area contributed by atoms with E-state index in [-0.39, 0.29) is 6.10 Å². The maximum Gasteiger partial charge on any atom is 0.120 e. The van der Waals surface area contributed by atoms with Crippen molar-refractivity contribution in [3.8, 4) is 0 Å². The van der Waals surface area contributed by atoms with E-state index in [1.807, 2.05) is 19.1 Å². The van der Waals surface area contributed by atoms with Crippen LogP contribution in [0.4, 0.5) is 0 Å². The van der Waals surface area contributed by atoms with Gasteiger partial charge in [-0.15, -0.1) is 0 Å². The van der Waals surface area contributed by atoms with E-state index < -0.39 is 0 Å². The number of aliphatic hydroxyl groups excluding tert-OH is 1. The lowest BCUT2D eigenvalue weighted by Crippen LogP contribution is -2.22. The number of aliphatic hydroxyl groups is 1. The third-order valence-electron chi connectivity index (χ3n) is 2.48. The van der Waals surface area contributed by atoms with Crippen molar-refractivity contribution in [1.29, 1.82) is 0 Å². The minimum atomic E-state index is -0.199. The third-order valence-corrected chi connectivity index (χ3v) is 2.48. The predicted octanol–water partition coefficient (Wildman–Crippen LogP) is 2.48. The molecule has 0 aliphatic heterocycles. The van der Waals surface area contributed by atoms with Crippen LogP contribution in [0.3, 0.4) is 0 Å². The van der Waals surface area contributed by atoms with Gasteiger partial charge in [0, 0.05) is 0 Å². The van der Waals surface area contributed by atoms with Crippen LogP contribution in [0.25, 0.3) is 0 Å². The average Bonchev–Trinajstić information content (AvgIpc) is 2.70. The highest BCUT2D eigenvalue weighted by Gasteiger charge is 2.10. The molecule has 0 spiro atoms. The SMILES string of the molecule is CCC(NCCCC(C)O)c1ccco1. The van der Waals surface area contributed by atoms with Gasteiger partial charge >= 0.3 is 0 Å². The molecular formula is C12H21NO2. The Morgan fingerprint density at radius 1 is 1.53 bits per heavy atom. The topological polar surface area (TPSA) is 45.4 Å². The highest BCUT2D eigenvalue weighted by Crippen LogP contribution is 2.16. The molecule has 0 radical (unpaired) electrons. The fraction of sp³-hybridized carbons (Fsp3) is 0.667. The molecule has 0 fully saturated rings. The highest BCUT2D eigenvalue weighted by atomic mass is 16.3. The fourth-order valence-corrected chi connectivity index (χ4v) is 1.61. The van der Waals surface area contributed by atoms with Gasteiger partial charge < -0.3 is 14.8 Å². The van der Waals surface area contributed by atoms with Gasteiger partial charge in [0.05, 0.1) is 18.4 Å². The average molecular weight is 211 g/mol. The zero-order valence-electron chi connectivity index (χ0n) is 9.57. The van der Waals surface area contributed by atoms with E-state index >= 15 is 0 Å². The summed E-state index contributed by atoms with van der Waals surface area (Å²) in [5.41, 5.74) is 0. The first kappa shape index (κ1) is 12.3. The molecular weight excluding hydrogens is 190 g/mol. The Bertz CT molecular complexity index is 244. The summed E-state index contributed by atoms with van der Waals surface area (Å²) in [5.74, 6) is 0.995. The molecule has 86 valence electrons. The largest absolute Gasteiger partial charge is 0.468 e. The number of nitrogens with one attached hydrogen (secondary N) is 1. The molecule has 0 aliphatic rings. The molecule has 1 aromatic rings. The molecule has 0 aliphatic carbocycles. The zero-order chi connectivity index (χ0) is 11.1. The Morgan fingerprint density at radius 3 is 2.87 bits per heavy atom. The van der Waals surface area contributed by atoms with Crippen molar-refractivity contribution in [3.05, 3.63) is 24.2 Å². The molecule has 1 aromatic heterocycles. The van der Waals surface area contributed by atoms with Gasteiger partial charge in [0.25, 0.3) is 0 Å². The van der Waals surface area contributed by atoms with Gasteiger partial charge in [0.2, 0.25) is 0 Å². The first-order valence-corrected chi connectivity index (χ1v) is 5.69. The Balaban J connectivity index is 2.23. The van der Waals surface area contributed by atoms with Crippen LogP contribution in [0.2, 0.25) is 0 Å². The third kappa shape index (κ3) is 4.49. The quantitative estimate of drug-likeness (QED) is 0.681. The summed E-state index contributed by atoms with van der Waals surface area (Å²) in [7, 11) is 0. The van der Waals surface area contributed by atoms with Crippen LogP contribution in [-0.4, -0.2) is 17.8 Å². The number of hydrogen-bond acceptors (Lipinski definition) is 3. The van der Waals surface area contributed by atoms with Crippen LogP contribution in [0, 0.1) is 0 Å². The maximum atomic E-state index is 9.11. The van der Waals surface area contributed by atoms with Crippen molar-refractivity contribution in [3.63, 3.8) is 0 Å². The molecule has 15 heavy (non-hydrogen) atoms. The number of furan rings is 1. The molecule has 1 rings (SSSR count). The van der Waals surface area contributed by atoms with Gasteiger partial charge in [-0.25, -0.2) is 0 Å². The summed E-state index contributed by atoms with van der Waals surface area (Å²) >= 11 is 0. The first-order valence-electron chi connectivity index (χ1n) is 5.69. The maximum absolute atomic E-state index is 9.11. The normalized spacial score (nSPS) is 15.1. The molecule has 0 bridgehead atoms. The van der Waals surface area contributed by atoms with E-state index in [0.29, 0.717) is 6.04 Å². The van der Waals surface area contributed by atoms with Gasteiger partial charge in [-0.1, -0.05) is 6.92 Å². The smallest absolute Gasteiger partial charge is 0.120 e. The standard InChI is InChI=1S/C12H21NO2/c1-3-11(12-7-5-9-15-12)13-8-4-6-10(2)14/h5,7,9-11,13-14H,3-4,6,8H2,1-2H3. The van der Waals surface area contributed by atoms with Gasteiger partial charge in [0.15, 0.2) is 0 Å². The molecule has 0 saturated heterocycles. The van der Waals surface area contributed by atoms with E-state index in [2.05, 4.69) is 12.2 Å². The fourth-order valence-electron chi connectivity index (χ4n) is 1.61. The Kier molecular flexibility index (Phi) is 5.43. The minimum Gasteiger partial charge on any atom is -0.468 e. The van der Waals surface area contributed by atoms with Crippen LogP contribution >= 0.6 is 0 Å². The summed E-state index contributed by atoms with van der Waals surface area (Å²) in [6.45, 7) is 4.88. The summed E-state index contributed by atoms with van der Waals surface area (Å²) in [4.78, 5) is 0. The molecule has 2 N–H and O–H groups in total. The summed E-state index contributed by atoms with van der Waals surface area (Å²) < 4.78 is 5.35. The lowest BCUT2D eigenvalue weighted by Gasteiger charge is -2.14. The van der Waals surface area contributed by atoms with Gasteiger partial charge in [-0.05, 0) is 44.9 Å². The summed E-state index contributed by atoms with van der Waals surface area (Å²) in [6.07, 6.45) is 4.36. The Labute approximate surface area is 91.5 Å². The molecule has 0 saturated carbocycles.